The van der Waals surface area contributed by atoms with E-state index in [1.807, 2.05) is 17.5 Å². The third-order valence-corrected chi connectivity index (χ3v) is 8.09. The molecule has 2 aromatic heterocycles. The lowest BCUT2D eigenvalue weighted by molar-refractivity contribution is 0.500. The molecule has 3 nitrogen and oxygen atoms in total. The van der Waals surface area contributed by atoms with Crippen LogP contribution in [0.5, 0.6) is 0 Å². The summed E-state index contributed by atoms with van der Waals surface area (Å²) in [5.74, 6) is 0.847. The monoisotopic (exact) mass is 462 g/mol. The first-order chi connectivity index (χ1) is 13.9. The molecule has 4 aromatic rings. The van der Waals surface area contributed by atoms with Crippen molar-refractivity contribution in [1.82, 2.24) is 0 Å². The largest absolute Gasteiger partial charge is 0.460 e. The normalized spacial score (nSPS) is 12.8. The molecule has 0 saturated heterocycles. The Bertz CT molecular complexity index is 1210. The Morgan fingerprint density at radius 2 is 1.72 bits per heavy atom. The van der Waals surface area contributed by atoms with Crippen LogP contribution in [0, 0.1) is 0 Å². The lowest BCUT2D eigenvalue weighted by atomic mass is 10.2. The van der Waals surface area contributed by atoms with Gasteiger partial charge >= 0.3 is 0 Å². The second kappa shape index (κ2) is 8.36. The van der Waals surface area contributed by atoms with Crippen molar-refractivity contribution in [2.24, 2.45) is 0 Å². The summed E-state index contributed by atoms with van der Waals surface area (Å²) in [6.07, 6.45) is 0.325. The average molecular weight is 463 g/mol. The Morgan fingerprint density at radius 3 is 2.45 bits per heavy atom. The van der Waals surface area contributed by atoms with Crippen LogP contribution in [0.2, 0.25) is 10.0 Å². The summed E-state index contributed by atoms with van der Waals surface area (Å²) >= 11 is 13.9. The SMILES string of the molecule is O=S(=O)(c1ccccc1)C(Cc1cccs1)c1ccc(-c2cc(Cl)ccc2Cl)o1. The lowest BCUT2D eigenvalue weighted by Gasteiger charge is -2.15. The van der Waals surface area contributed by atoms with E-state index in [4.69, 9.17) is 27.6 Å². The maximum Gasteiger partial charge on any atom is 0.188 e. The third-order valence-electron chi connectivity index (χ3n) is 4.55. The summed E-state index contributed by atoms with van der Waals surface area (Å²) in [5, 5.41) is 2.08. The van der Waals surface area contributed by atoms with Gasteiger partial charge < -0.3 is 4.42 Å². The Labute approximate surface area is 183 Å². The van der Waals surface area contributed by atoms with Crippen molar-refractivity contribution in [3.8, 4) is 11.3 Å². The van der Waals surface area contributed by atoms with E-state index in [2.05, 4.69) is 0 Å². The van der Waals surface area contributed by atoms with Gasteiger partial charge in [0, 0.05) is 21.9 Å². The number of hydrogen-bond donors (Lipinski definition) is 0. The first-order valence-electron chi connectivity index (χ1n) is 8.81. The fourth-order valence-corrected chi connectivity index (χ4v) is 6.04. The van der Waals surface area contributed by atoms with E-state index < -0.39 is 15.1 Å². The zero-order chi connectivity index (χ0) is 20.4. The van der Waals surface area contributed by atoms with Crippen LogP contribution < -0.4 is 0 Å². The number of rotatable bonds is 6. The molecule has 1 unspecified atom stereocenters. The van der Waals surface area contributed by atoms with E-state index in [0.717, 1.165) is 4.88 Å². The number of benzene rings is 2. The Kier molecular flexibility index (Phi) is 5.83. The van der Waals surface area contributed by atoms with E-state index in [1.165, 1.54) is 11.3 Å². The molecule has 148 valence electrons. The number of sulfone groups is 1. The van der Waals surface area contributed by atoms with Crippen molar-refractivity contribution in [3.63, 3.8) is 0 Å². The molecule has 0 aliphatic heterocycles. The van der Waals surface area contributed by atoms with Crippen LogP contribution in [-0.4, -0.2) is 8.42 Å². The zero-order valence-electron chi connectivity index (χ0n) is 15.1. The number of thiophene rings is 1. The Morgan fingerprint density at radius 1 is 0.931 bits per heavy atom. The summed E-state index contributed by atoms with van der Waals surface area (Å²) < 4.78 is 32.9. The molecule has 7 heteroatoms. The first-order valence-corrected chi connectivity index (χ1v) is 12.0. The van der Waals surface area contributed by atoms with E-state index in [1.54, 1.807) is 60.7 Å². The second-order valence-electron chi connectivity index (χ2n) is 6.46. The van der Waals surface area contributed by atoms with Gasteiger partial charge in [-0.2, -0.15) is 0 Å². The predicted molar refractivity (Wildman–Crippen MR) is 119 cm³/mol. The molecule has 0 aliphatic rings. The summed E-state index contributed by atoms with van der Waals surface area (Å²) in [4.78, 5) is 1.23. The molecule has 4 rings (SSSR count). The molecule has 0 amide bonds. The smallest absolute Gasteiger partial charge is 0.188 e. The predicted octanol–water partition coefficient (Wildman–Crippen LogP) is 7.07. The minimum absolute atomic E-state index is 0.264. The molecule has 0 aliphatic carbocycles. The van der Waals surface area contributed by atoms with Gasteiger partial charge in [-0.15, -0.1) is 11.3 Å². The van der Waals surface area contributed by atoms with Crippen LogP contribution in [-0.2, 0) is 16.3 Å². The minimum atomic E-state index is -3.66. The summed E-state index contributed by atoms with van der Waals surface area (Å²) in [6.45, 7) is 0. The van der Waals surface area contributed by atoms with Crippen LogP contribution in [0.1, 0.15) is 15.9 Å². The molecule has 0 saturated carbocycles. The van der Waals surface area contributed by atoms with Gasteiger partial charge in [-0.1, -0.05) is 47.5 Å². The topological polar surface area (TPSA) is 47.3 Å². The maximum absolute atomic E-state index is 13.4. The van der Waals surface area contributed by atoms with E-state index in [-0.39, 0.29) is 4.90 Å². The number of furan rings is 1. The van der Waals surface area contributed by atoms with E-state index in [9.17, 15) is 8.42 Å². The third kappa shape index (κ3) is 4.28. The van der Waals surface area contributed by atoms with E-state index in [0.29, 0.717) is 33.6 Å². The van der Waals surface area contributed by atoms with Crippen molar-refractivity contribution >= 4 is 44.4 Å². The lowest BCUT2D eigenvalue weighted by Crippen LogP contribution is -2.15. The molecule has 0 spiro atoms. The molecular formula is C22H16Cl2O3S2. The second-order valence-corrected chi connectivity index (χ2v) is 10.5. The van der Waals surface area contributed by atoms with Crippen LogP contribution >= 0.6 is 34.5 Å². The molecule has 0 fully saturated rings. The van der Waals surface area contributed by atoms with Gasteiger partial charge in [0.1, 0.15) is 16.8 Å². The van der Waals surface area contributed by atoms with Crippen molar-refractivity contribution in [1.29, 1.82) is 0 Å². The quantitative estimate of drug-likeness (QED) is 0.307. The fraction of sp³-hybridized carbons (Fsp3) is 0.0909. The van der Waals surface area contributed by atoms with Crippen LogP contribution in [0.4, 0.5) is 0 Å². The van der Waals surface area contributed by atoms with Gasteiger partial charge in [-0.25, -0.2) is 8.42 Å². The zero-order valence-corrected chi connectivity index (χ0v) is 18.2. The van der Waals surface area contributed by atoms with Crippen molar-refractivity contribution in [3.05, 3.63) is 98.9 Å². The fourth-order valence-electron chi connectivity index (χ4n) is 3.11. The highest BCUT2D eigenvalue weighted by Crippen LogP contribution is 2.38. The minimum Gasteiger partial charge on any atom is -0.460 e. The number of halogens is 2. The summed E-state index contributed by atoms with van der Waals surface area (Å²) in [7, 11) is -3.66. The Balaban J connectivity index is 1.78. The standard InChI is InChI=1S/C22H16Cl2O3S2/c23-15-8-9-19(24)18(13-15)20-10-11-21(27-20)22(14-16-5-4-12-28-16)29(25,26)17-6-2-1-3-7-17/h1-13,22H,14H2. The first kappa shape index (κ1) is 20.2. The molecule has 0 N–H and O–H groups in total. The van der Waals surface area contributed by atoms with Gasteiger partial charge in [0.15, 0.2) is 9.84 Å². The Hall–Kier alpha value is -2.05. The highest BCUT2D eigenvalue weighted by Gasteiger charge is 2.32. The summed E-state index contributed by atoms with van der Waals surface area (Å²) in [5.41, 5.74) is 0.623. The van der Waals surface area contributed by atoms with Gasteiger partial charge in [-0.05, 0) is 53.9 Å². The van der Waals surface area contributed by atoms with Gasteiger partial charge in [-0.3, -0.25) is 0 Å². The molecule has 1 atom stereocenters. The molecule has 0 radical (unpaired) electrons. The highest BCUT2D eigenvalue weighted by atomic mass is 35.5. The number of hydrogen-bond acceptors (Lipinski definition) is 4. The van der Waals surface area contributed by atoms with Crippen LogP contribution in [0.3, 0.4) is 0 Å². The molecule has 29 heavy (non-hydrogen) atoms. The van der Waals surface area contributed by atoms with Crippen molar-refractivity contribution < 1.29 is 12.8 Å². The van der Waals surface area contributed by atoms with Gasteiger partial charge in [0.05, 0.1) is 9.92 Å². The molecular weight excluding hydrogens is 447 g/mol. The molecule has 2 aromatic carbocycles. The van der Waals surface area contributed by atoms with Crippen molar-refractivity contribution in [2.45, 2.75) is 16.6 Å². The highest BCUT2D eigenvalue weighted by molar-refractivity contribution is 7.91. The van der Waals surface area contributed by atoms with Crippen LogP contribution in [0.15, 0.2) is 87.5 Å². The van der Waals surface area contributed by atoms with Crippen molar-refractivity contribution in [2.75, 3.05) is 0 Å². The maximum atomic E-state index is 13.4. The van der Waals surface area contributed by atoms with E-state index >= 15 is 0 Å². The molecule has 0 bridgehead atoms. The summed E-state index contributed by atoms with van der Waals surface area (Å²) in [6, 6.07) is 20.8. The molecule has 2 heterocycles. The van der Waals surface area contributed by atoms with Gasteiger partial charge in [0.2, 0.25) is 0 Å². The average Bonchev–Trinajstić information content (AvgIpc) is 3.40. The van der Waals surface area contributed by atoms with Gasteiger partial charge in [0.25, 0.3) is 0 Å². The van der Waals surface area contributed by atoms with Crippen LogP contribution in [0.25, 0.3) is 11.3 Å².